The molecule has 0 aliphatic heterocycles. The highest BCUT2D eigenvalue weighted by Crippen LogP contribution is 2.23. The molecule has 12 heteroatoms. The van der Waals surface area contributed by atoms with Gasteiger partial charge in [0, 0.05) is 46.5 Å². The van der Waals surface area contributed by atoms with Crippen molar-refractivity contribution in [3.05, 3.63) is 140 Å². The third-order valence-corrected chi connectivity index (χ3v) is 7.21. The highest BCUT2D eigenvalue weighted by molar-refractivity contribution is 9.10. The zero-order valence-electron chi connectivity index (χ0n) is 25.0. The van der Waals surface area contributed by atoms with E-state index in [-0.39, 0.29) is 22.7 Å². The standard InChI is InChI=1S/C34H30BrN5O6/c1-3-39(4-2)28-15-10-23(11-16-28)20-30(37-32(41)24-8-6-5-7-9-24)33(42)38-36-22-26-21-27(35)14-19-31(26)46-34(43)25-12-17-29(18-13-25)40(44)45/h5-22H,3-4H2,1-2H3,(H,37,41)(H,38,42)/b30-20+,36-22-. The lowest BCUT2D eigenvalue weighted by Crippen LogP contribution is -2.32. The van der Waals surface area contributed by atoms with Gasteiger partial charge in [0.15, 0.2) is 0 Å². The van der Waals surface area contributed by atoms with Gasteiger partial charge in [-0.2, -0.15) is 5.10 Å². The number of non-ortho nitro benzene ring substituents is 1. The smallest absolute Gasteiger partial charge is 0.343 e. The number of rotatable bonds is 12. The van der Waals surface area contributed by atoms with Crippen LogP contribution in [0.15, 0.2) is 112 Å². The van der Waals surface area contributed by atoms with Crippen LogP contribution in [0, 0.1) is 10.1 Å². The highest BCUT2D eigenvalue weighted by Gasteiger charge is 2.16. The maximum Gasteiger partial charge on any atom is 0.343 e. The first-order valence-corrected chi connectivity index (χ1v) is 15.0. The molecule has 0 saturated carbocycles. The number of nitro groups is 1. The van der Waals surface area contributed by atoms with Crippen LogP contribution in [-0.4, -0.2) is 42.0 Å². The number of ether oxygens (including phenoxy) is 1. The summed E-state index contributed by atoms with van der Waals surface area (Å²) in [6.07, 6.45) is 2.84. The fourth-order valence-electron chi connectivity index (χ4n) is 4.29. The van der Waals surface area contributed by atoms with E-state index in [1.165, 1.54) is 36.5 Å². The summed E-state index contributed by atoms with van der Waals surface area (Å²) in [6.45, 7) is 5.83. The van der Waals surface area contributed by atoms with E-state index < -0.39 is 22.7 Å². The second-order valence-corrected chi connectivity index (χ2v) is 10.6. The maximum atomic E-state index is 13.3. The number of hydrazone groups is 1. The van der Waals surface area contributed by atoms with Crippen LogP contribution in [0.3, 0.4) is 0 Å². The normalized spacial score (nSPS) is 11.2. The van der Waals surface area contributed by atoms with E-state index in [9.17, 15) is 24.5 Å². The number of esters is 1. The van der Waals surface area contributed by atoms with Gasteiger partial charge in [0.2, 0.25) is 0 Å². The molecule has 0 bridgehead atoms. The van der Waals surface area contributed by atoms with Crippen molar-refractivity contribution in [2.24, 2.45) is 5.10 Å². The third kappa shape index (κ3) is 8.96. The Morgan fingerprint density at radius 1 is 0.913 bits per heavy atom. The van der Waals surface area contributed by atoms with Crippen molar-refractivity contribution in [2.45, 2.75) is 13.8 Å². The first-order valence-electron chi connectivity index (χ1n) is 14.2. The minimum Gasteiger partial charge on any atom is -0.422 e. The number of nitro benzene ring substituents is 1. The van der Waals surface area contributed by atoms with Crippen LogP contribution in [0.2, 0.25) is 0 Å². The van der Waals surface area contributed by atoms with E-state index in [0.717, 1.165) is 18.8 Å². The van der Waals surface area contributed by atoms with Crippen LogP contribution in [0.1, 0.15) is 45.7 Å². The molecule has 0 spiro atoms. The van der Waals surface area contributed by atoms with Crippen LogP contribution in [0.4, 0.5) is 11.4 Å². The molecule has 0 atom stereocenters. The average Bonchev–Trinajstić information content (AvgIpc) is 3.07. The molecular weight excluding hydrogens is 654 g/mol. The summed E-state index contributed by atoms with van der Waals surface area (Å²) in [6, 6.07) is 25.9. The van der Waals surface area contributed by atoms with E-state index in [2.05, 4.69) is 50.5 Å². The Kier molecular flexibility index (Phi) is 11.5. The molecule has 0 unspecified atom stereocenters. The van der Waals surface area contributed by atoms with Gasteiger partial charge in [0.1, 0.15) is 11.4 Å². The summed E-state index contributed by atoms with van der Waals surface area (Å²) in [7, 11) is 0. The number of nitrogens with zero attached hydrogens (tertiary/aromatic N) is 3. The Morgan fingerprint density at radius 3 is 2.22 bits per heavy atom. The predicted molar refractivity (Wildman–Crippen MR) is 180 cm³/mol. The van der Waals surface area contributed by atoms with Gasteiger partial charge in [-0.25, -0.2) is 10.2 Å². The lowest BCUT2D eigenvalue weighted by Gasteiger charge is -2.21. The lowest BCUT2D eigenvalue weighted by atomic mass is 10.1. The van der Waals surface area contributed by atoms with E-state index in [1.807, 2.05) is 24.3 Å². The van der Waals surface area contributed by atoms with Gasteiger partial charge in [-0.1, -0.05) is 46.3 Å². The SMILES string of the molecule is CCN(CC)c1ccc(/C=C(/NC(=O)c2ccccc2)C(=O)N/N=C\c2cc(Br)ccc2OC(=O)c2ccc([N+](=O)[O-])cc2)cc1. The molecule has 11 nitrogen and oxygen atoms in total. The van der Waals surface area contributed by atoms with Gasteiger partial charge in [-0.3, -0.25) is 19.7 Å². The molecular formula is C34H30BrN5O6. The first-order chi connectivity index (χ1) is 22.2. The summed E-state index contributed by atoms with van der Waals surface area (Å²) < 4.78 is 6.16. The number of carbonyl (C=O) groups excluding carboxylic acids is 3. The minimum atomic E-state index is -0.739. The second-order valence-electron chi connectivity index (χ2n) is 9.72. The first kappa shape index (κ1) is 33.3. The van der Waals surface area contributed by atoms with Crippen LogP contribution in [-0.2, 0) is 4.79 Å². The zero-order chi connectivity index (χ0) is 33.1. The van der Waals surface area contributed by atoms with Crippen molar-refractivity contribution in [1.29, 1.82) is 0 Å². The van der Waals surface area contributed by atoms with Crippen molar-refractivity contribution >= 4 is 57.4 Å². The Bertz CT molecular complexity index is 1770. The molecule has 2 N–H and O–H groups in total. The summed E-state index contributed by atoms with van der Waals surface area (Å²) >= 11 is 3.37. The quantitative estimate of drug-likeness (QED) is 0.0443. The van der Waals surface area contributed by atoms with Crippen molar-refractivity contribution in [2.75, 3.05) is 18.0 Å². The van der Waals surface area contributed by atoms with Crippen LogP contribution in [0.5, 0.6) is 5.75 Å². The number of nitrogens with one attached hydrogen (secondary N) is 2. The molecule has 2 amide bonds. The molecule has 0 aliphatic carbocycles. The molecule has 0 radical (unpaired) electrons. The molecule has 0 saturated heterocycles. The Labute approximate surface area is 273 Å². The van der Waals surface area contributed by atoms with Gasteiger partial charge in [0.25, 0.3) is 17.5 Å². The van der Waals surface area contributed by atoms with E-state index in [0.29, 0.717) is 21.2 Å². The number of amides is 2. The summed E-state index contributed by atoms with van der Waals surface area (Å²) in [5.41, 5.74) is 4.77. The summed E-state index contributed by atoms with van der Waals surface area (Å²) in [5, 5.41) is 17.6. The van der Waals surface area contributed by atoms with Crippen molar-refractivity contribution in [3.63, 3.8) is 0 Å². The van der Waals surface area contributed by atoms with Crippen molar-refractivity contribution < 1.29 is 24.0 Å². The number of hydrogen-bond acceptors (Lipinski definition) is 8. The minimum absolute atomic E-state index is 0.0411. The van der Waals surface area contributed by atoms with Gasteiger partial charge in [-0.05, 0) is 80.1 Å². The Balaban J connectivity index is 1.54. The van der Waals surface area contributed by atoms with Crippen molar-refractivity contribution in [1.82, 2.24) is 10.7 Å². The monoisotopic (exact) mass is 683 g/mol. The van der Waals surface area contributed by atoms with Crippen LogP contribution < -0.4 is 20.4 Å². The number of halogens is 1. The fourth-order valence-corrected chi connectivity index (χ4v) is 4.67. The highest BCUT2D eigenvalue weighted by atomic mass is 79.9. The molecule has 0 aliphatic rings. The number of anilines is 1. The third-order valence-electron chi connectivity index (χ3n) is 6.72. The zero-order valence-corrected chi connectivity index (χ0v) is 26.6. The Morgan fingerprint density at radius 2 is 1.59 bits per heavy atom. The molecule has 4 aromatic carbocycles. The van der Waals surface area contributed by atoms with Crippen LogP contribution in [0.25, 0.3) is 6.08 Å². The number of hydrogen-bond donors (Lipinski definition) is 2. The second kappa shape index (κ2) is 15.9. The predicted octanol–water partition coefficient (Wildman–Crippen LogP) is 6.34. The van der Waals surface area contributed by atoms with E-state index in [4.69, 9.17) is 4.74 Å². The van der Waals surface area contributed by atoms with Gasteiger partial charge in [0.05, 0.1) is 16.7 Å². The lowest BCUT2D eigenvalue weighted by molar-refractivity contribution is -0.384. The molecule has 0 aromatic heterocycles. The average molecular weight is 685 g/mol. The molecule has 0 fully saturated rings. The number of benzene rings is 4. The molecule has 0 heterocycles. The summed E-state index contributed by atoms with van der Waals surface area (Å²) in [4.78, 5) is 51.5. The maximum absolute atomic E-state index is 13.3. The molecule has 4 aromatic rings. The largest absolute Gasteiger partial charge is 0.422 e. The van der Waals surface area contributed by atoms with Gasteiger partial charge < -0.3 is 15.0 Å². The van der Waals surface area contributed by atoms with E-state index >= 15 is 0 Å². The fraction of sp³-hybridized carbons (Fsp3) is 0.118. The Hall–Kier alpha value is -5.62. The van der Waals surface area contributed by atoms with Crippen molar-refractivity contribution in [3.8, 4) is 5.75 Å². The number of carbonyl (C=O) groups is 3. The van der Waals surface area contributed by atoms with E-state index in [1.54, 1.807) is 48.5 Å². The van der Waals surface area contributed by atoms with Gasteiger partial charge in [-0.15, -0.1) is 0 Å². The molecule has 4 rings (SSSR count). The van der Waals surface area contributed by atoms with Crippen LogP contribution >= 0.6 is 15.9 Å². The summed E-state index contributed by atoms with van der Waals surface area (Å²) in [5.74, 6) is -1.77. The topological polar surface area (TPSA) is 143 Å². The van der Waals surface area contributed by atoms with Gasteiger partial charge >= 0.3 is 5.97 Å². The molecule has 234 valence electrons. The molecule has 46 heavy (non-hydrogen) atoms.